The molecule has 2 bridgehead atoms. The molecule has 2 saturated carbocycles. The van der Waals surface area contributed by atoms with E-state index in [-0.39, 0.29) is 22.4 Å². The van der Waals surface area contributed by atoms with Gasteiger partial charge in [0, 0.05) is 10.6 Å². The second-order valence-electron chi connectivity index (χ2n) is 9.82. The third kappa shape index (κ3) is 3.30. The average Bonchev–Trinajstić information content (AvgIpc) is 3.64. The molecule has 6 nitrogen and oxygen atoms in total. The predicted molar refractivity (Wildman–Crippen MR) is 129 cm³/mol. The minimum Gasteiger partial charge on any atom is -0.292 e. The lowest BCUT2D eigenvalue weighted by Crippen LogP contribution is -2.56. The van der Waals surface area contributed by atoms with E-state index in [0.717, 1.165) is 16.4 Å². The van der Waals surface area contributed by atoms with Crippen molar-refractivity contribution >= 4 is 46.7 Å². The van der Waals surface area contributed by atoms with Gasteiger partial charge in [0.15, 0.2) is 5.78 Å². The van der Waals surface area contributed by atoms with E-state index in [1.807, 2.05) is 0 Å². The summed E-state index contributed by atoms with van der Waals surface area (Å²) in [7, 11) is 0. The molecule has 0 radical (unpaired) electrons. The summed E-state index contributed by atoms with van der Waals surface area (Å²) in [5.41, 5.74) is 0.433. The van der Waals surface area contributed by atoms with Gasteiger partial charge in [0.2, 0.25) is 0 Å². The topological polar surface area (TPSA) is 74.8 Å². The molecular formula is C27H22Cl2N2O4. The highest BCUT2D eigenvalue weighted by Crippen LogP contribution is 2.65. The third-order valence-electron chi connectivity index (χ3n) is 8.04. The molecule has 4 aliphatic carbocycles. The lowest BCUT2D eigenvalue weighted by molar-refractivity contribution is -0.156. The number of halogens is 2. The zero-order chi connectivity index (χ0) is 24.6. The molecular weight excluding hydrogens is 487 g/mol. The van der Waals surface area contributed by atoms with E-state index >= 15 is 0 Å². The van der Waals surface area contributed by atoms with Crippen molar-refractivity contribution in [3.8, 4) is 0 Å². The Bertz CT molecular complexity index is 1270. The molecule has 0 spiro atoms. The zero-order valence-corrected chi connectivity index (χ0v) is 20.3. The summed E-state index contributed by atoms with van der Waals surface area (Å²) < 4.78 is 0. The summed E-state index contributed by atoms with van der Waals surface area (Å²) in [5, 5.41) is 2.60. The van der Waals surface area contributed by atoms with E-state index in [0.29, 0.717) is 22.4 Å². The van der Waals surface area contributed by atoms with Gasteiger partial charge in [0.25, 0.3) is 17.7 Å². The van der Waals surface area contributed by atoms with E-state index in [9.17, 15) is 19.2 Å². The van der Waals surface area contributed by atoms with Gasteiger partial charge in [0.05, 0.1) is 22.4 Å². The predicted octanol–water partition coefficient (Wildman–Crippen LogP) is 4.68. The van der Waals surface area contributed by atoms with Crippen LogP contribution in [0.5, 0.6) is 0 Å². The largest absolute Gasteiger partial charge is 0.292 e. The van der Waals surface area contributed by atoms with Gasteiger partial charge in [-0.15, -0.1) is 0 Å². The summed E-state index contributed by atoms with van der Waals surface area (Å²) in [5.74, 6) is -2.08. The van der Waals surface area contributed by atoms with Crippen LogP contribution in [0.4, 0.5) is 0 Å². The number of hydrogen-bond donors (Lipinski definition) is 0. The van der Waals surface area contributed by atoms with Crippen LogP contribution in [-0.2, 0) is 9.59 Å². The van der Waals surface area contributed by atoms with Crippen LogP contribution in [0.2, 0.25) is 10.0 Å². The molecule has 8 heteroatoms. The second kappa shape index (κ2) is 8.04. The molecule has 3 amide bonds. The highest BCUT2D eigenvalue weighted by Gasteiger charge is 2.68. The highest BCUT2D eigenvalue weighted by molar-refractivity contribution is 6.34. The van der Waals surface area contributed by atoms with Crippen molar-refractivity contribution in [1.82, 2.24) is 10.0 Å². The Labute approximate surface area is 212 Å². The lowest BCUT2D eigenvalue weighted by atomic mass is 9.63. The first-order valence-corrected chi connectivity index (χ1v) is 12.5. The van der Waals surface area contributed by atoms with Crippen molar-refractivity contribution in [2.75, 3.05) is 0 Å². The Balaban J connectivity index is 1.41. The Hall–Kier alpha value is -2.96. The van der Waals surface area contributed by atoms with Crippen molar-refractivity contribution in [1.29, 1.82) is 0 Å². The van der Waals surface area contributed by atoms with Gasteiger partial charge in [0.1, 0.15) is 6.04 Å². The standard InChI is InChI=1S/C27H22Cl2N2O4/c1-13(24(32)14-6-8-15(28)9-7-14)30(25(33)18-4-2-3-5-21(18)29)31-26(34)22-16-10-11-17(20-12-19(16)20)23(22)27(31)35/h2-11,13,16-17,19-20,22-23H,12H2,1H3/t13-,16+,17+,19-,20+,22-,23+/m1/s1. The molecule has 5 aliphatic rings. The molecule has 7 atom stereocenters. The molecule has 7 rings (SSSR count). The Kier molecular flexibility index (Phi) is 5.17. The fourth-order valence-electron chi connectivity index (χ4n) is 6.32. The van der Waals surface area contributed by atoms with E-state index in [2.05, 4.69) is 12.2 Å². The number of rotatable bonds is 5. The highest BCUT2D eigenvalue weighted by atomic mass is 35.5. The molecule has 1 heterocycles. The van der Waals surface area contributed by atoms with Gasteiger partial charge in [-0.3, -0.25) is 19.2 Å². The first-order valence-electron chi connectivity index (χ1n) is 11.7. The summed E-state index contributed by atoms with van der Waals surface area (Å²) in [6.45, 7) is 1.53. The first kappa shape index (κ1) is 22.5. The number of hydrazine groups is 1. The number of amides is 3. The maximum atomic E-state index is 13.8. The average molecular weight is 509 g/mol. The smallest absolute Gasteiger partial charge is 0.275 e. The molecule has 2 aromatic rings. The van der Waals surface area contributed by atoms with E-state index in [4.69, 9.17) is 23.2 Å². The van der Waals surface area contributed by atoms with Gasteiger partial charge in [-0.25, -0.2) is 5.01 Å². The van der Waals surface area contributed by atoms with Crippen LogP contribution < -0.4 is 0 Å². The van der Waals surface area contributed by atoms with E-state index in [1.165, 1.54) is 13.0 Å². The zero-order valence-electron chi connectivity index (χ0n) is 18.8. The van der Waals surface area contributed by atoms with Gasteiger partial charge in [-0.2, -0.15) is 5.01 Å². The number of nitrogens with zero attached hydrogens (tertiary/aromatic N) is 2. The van der Waals surface area contributed by atoms with Crippen molar-refractivity contribution < 1.29 is 19.2 Å². The van der Waals surface area contributed by atoms with Crippen LogP contribution in [0.25, 0.3) is 0 Å². The molecule has 1 aliphatic heterocycles. The number of benzene rings is 2. The number of Topliss-reactive ketones (excluding diaryl/α,β-unsaturated/α-hetero) is 1. The van der Waals surface area contributed by atoms with Gasteiger partial charge in [-0.05, 0) is 73.4 Å². The minimum absolute atomic E-state index is 0.00371. The summed E-state index contributed by atoms with van der Waals surface area (Å²) in [6.07, 6.45) is 5.16. The molecule has 0 aromatic heterocycles. The Morgan fingerprint density at radius 3 is 2.06 bits per heavy atom. The fourth-order valence-corrected chi connectivity index (χ4v) is 6.66. The van der Waals surface area contributed by atoms with Crippen LogP contribution in [0.1, 0.15) is 34.1 Å². The third-order valence-corrected chi connectivity index (χ3v) is 8.62. The SMILES string of the molecule is C[C@H](C(=O)c1ccc(Cl)cc1)N(C(=O)c1ccccc1Cl)N1C(=O)[C@@H]2[C@H]3C=C[C@@H]([C@@H]4C[C@H]34)[C@@H]2C1=O. The maximum absolute atomic E-state index is 13.8. The molecule has 2 aromatic carbocycles. The molecule has 0 N–H and O–H groups in total. The maximum Gasteiger partial charge on any atom is 0.275 e. The van der Waals surface area contributed by atoms with Gasteiger partial charge < -0.3 is 0 Å². The number of allylic oxidation sites excluding steroid dienone is 2. The quantitative estimate of drug-likeness (QED) is 0.334. The van der Waals surface area contributed by atoms with Crippen molar-refractivity contribution in [2.24, 2.45) is 35.5 Å². The number of hydrogen-bond acceptors (Lipinski definition) is 4. The van der Waals surface area contributed by atoms with Gasteiger partial charge >= 0.3 is 0 Å². The Morgan fingerprint density at radius 1 is 0.914 bits per heavy atom. The monoisotopic (exact) mass is 508 g/mol. The number of ketones is 1. The van der Waals surface area contributed by atoms with Crippen LogP contribution in [0.3, 0.4) is 0 Å². The first-order chi connectivity index (χ1) is 16.8. The van der Waals surface area contributed by atoms with Crippen LogP contribution in [-0.4, -0.2) is 39.6 Å². The fraction of sp³-hybridized carbons (Fsp3) is 0.333. The van der Waals surface area contributed by atoms with E-state index in [1.54, 1.807) is 42.5 Å². The summed E-state index contributed by atoms with van der Waals surface area (Å²) in [4.78, 5) is 54.9. The normalized spacial score (nSPS) is 30.7. The number of carbonyl (C=O) groups is 4. The van der Waals surface area contributed by atoms with Crippen molar-refractivity contribution in [3.05, 3.63) is 81.9 Å². The summed E-state index contributed by atoms with van der Waals surface area (Å²) in [6, 6.07) is 11.6. The van der Waals surface area contributed by atoms with E-state index < -0.39 is 41.4 Å². The van der Waals surface area contributed by atoms with Crippen LogP contribution >= 0.6 is 23.2 Å². The van der Waals surface area contributed by atoms with Crippen molar-refractivity contribution in [3.63, 3.8) is 0 Å². The molecule has 1 saturated heterocycles. The lowest BCUT2D eigenvalue weighted by Gasteiger charge is -2.37. The number of carbonyl (C=O) groups excluding carboxylic acids is 4. The Morgan fingerprint density at radius 2 is 1.49 bits per heavy atom. The van der Waals surface area contributed by atoms with Crippen LogP contribution in [0.15, 0.2) is 60.7 Å². The molecule has 35 heavy (non-hydrogen) atoms. The molecule has 178 valence electrons. The molecule has 3 fully saturated rings. The molecule has 0 unspecified atom stereocenters. The van der Waals surface area contributed by atoms with Crippen LogP contribution in [0, 0.1) is 35.5 Å². The van der Waals surface area contributed by atoms with Gasteiger partial charge in [-0.1, -0.05) is 47.5 Å². The number of imide groups is 1. The van der Waals surface area contributed by atoms with Crippen molar-refractivity contribution in [2.45, 2.75) is 19.4 Å². The second-order valence-corrected chi connectivity index (χ2v) is 10.7. The summed E-state index contributed by atoms with van der Waals surface area (Å²) >= 11 is 12.3. The minimum atomic E-state index is -1.13.